The maximum atomic E-state index is 13.4. The van der Waals surface area contributed by atoms with Gasteiger partial charge in [-0.2, -0.15) is 5.10 Å². The highest BCUT2D eigenvalue weighted by Gasteiger charge is 2.48. The Morgan fingerprint density at radius 1 is 1.09 bits per heavy atom. The van der Waals surface area contributed by atoms with Crippen molar-refractivity contribution in [2.24, 2.45) is 5.92 Å². The van der Waals surface area contributed by atoms with Gasteiger partial charge in [-0.25, -0.2) is 22.2 Å². The molecule has 4 aromatic rings. The van der Waals surface area contributed by atoms with Crippen molar-refractivity contribution in [2.75, 3.05) is 11.2 Å². The predicted molar refractivity (Wildman–Crippen MR) is 132 cm³/mol. The lowest BCUT2D eigenvalue weighted by atomic mass is 10.0. The lowest BCUT2D eigenvalue weighted by Gasteiger charge is -2.28. The molecule has 1 saturated heterocycles. The van der Waals surface area contributed by atoms with Crippen LogP contribution in [0, 0.1) is 11.7 Å². The fraction of sp³-hybridized carbons (Fsp3) is 0.217. The molecule has 3 heterocycles. The van der Waals surface area contributed by atoms with Gasteiger partial charge in [0.2, 0.25) is 15.9 Å². The van der Waals surface area contributed by atoms with E-state index in [1.165, 1.54) is 23.5 Å². The molecule has 1 fully saturated rings. The van der Waals surface area contributed by atoms with Crippen LogP contribution in [0.1, 0.15) is 17.8 Å². The molecule has 1 aliphatic heterocycles. The second-order valence-corrected chi connectivity index (χ2v) is 11.8. The van der Waals surface area contributed by atoms with Gasteiger partial charge in [-0.1, -0.05) is 18.5 Å². The molecule has 0 aliphatic carbocycles. The number of carbonyl (C=O) groups excluding carboxylic acids is 1. The van der Waals surface area contributed by atoms with E-state index >= 15 is 0 Å². The third-order valence-corrected chi connectivity index (χ3v) is 7.92. The van der Waals surface area contributed by atoms with Crippen LogP contribution in [0.4, 0.5) is 10.1 Å². The molecule has 11 heteroatoms. The number of halogens is 2. The summed E-state index contributed by atoms with van der Waals surface area (Å²) < 4.78 is 42.4. The number of thiophene rings is 1. The average molecular weight is 519 g/mol. The first-order valence-electron chi connectivity index (χ1n) is 10.4. The quantitative estimate of drug-likeness (QED) is 0.421. The third-order valence-electron chi connectivity index (χ3n) is 5.92. The van der Waals surface area contributed by atoms with E-state index in [9.17, 15) is 17.6 Å². The fourth-order valence-corrected chi connectivity index (χ4v) is 6.42. The number of carbonyl (C=O) groups is 1. The highest BCUT2D eigenvalue weighted by atomic mass is 35.5. The molecule has 34 heavy (non-hydrogen) atoms. The number of benzene rings is 2. The number of nitrogens with one attached hydrogen (secondary N) is 1. The van der Waals surface area contributed by atoms with Gasteiger partial charge in [-0.3, -0.25) is 4.79 Å². The van der Waals surface area contributed by atoms with Gasteiger partial charge in [-0.15, -0.1) is 11.3 Å². The summed E-state index contributed by atoms with van der Waals surface area (Å²) in [7, 11) is -3.57. The molecule has 0 spiro atoms. The predicted octanol–water partition coefficient (Wildman–Crippen LogP) is 4.52. The second-order valence-electron chi connectivity index (χ2n) is 8.28. The Balaban J connectivity index is 1.59. The Bertz CT molecular complexity index is 1500. The number of anilines is 1. The summed E-state index contributed by atoms with van der Waals surface area (Å²) in [5.74, 6) is -1.11. The lowest BCUT2D eigenvalue weighted by Crippen LogP contribution is -2.41. The van der Waals surface area contributed by atoms with Crippen molar-refractivity contribution in [1.29, 1.82) is 0 Å². The zero-order chi connectivity index (χ0) is 24.2. The fourth-order valence-electron chi connectivity index (χ4n) is 4.40. The van der Waals surface area contributed by atoms with E-state index < -0.39 is 28.0 Å². The maximum absolute atomic E-state index is 13.4. The normalized spacial score (nSPS) is 21.0. The van der Waals surface area contributed by atoms with Crippen LogP contribution in [-0.2, 0) is 14.8 Å². The molecule has 1 unspecified atom stereocenters. The Hall–Kier alpha value is -2.79. The number of hydrogen-bond donors (Lipinski definition) is 1. The zero-order valence-corrected chi connectivity index (χ0v) is 20.5. The average Bonchev–Trinajstić information content (AvgIpc) is 3.46. The van der Waals surface area contributed by atoms with Crippen molar-refractivity contribution in [3.63, 3.8) is 0 Å². The molecule has 176 valence electrons. The topological polar surface area (TPSA) is 84.3 Å². The van der Waals surface area contributed by atoms with Crippen LogP contribution in [0.2, 0.25) is 4.34 Å². The number of fused-ring (bicyclic) bond motifs is 1. The van der Waals surface area contributed by atoms with Gasteiger partial charge < -0.3 is 4.90 Å². The summed E-state index contributed by atoms with van der Waals surface area (Å²) in [5, 5.41) is 5.21. The first kappa shape index (κ1) is 23.0. The first-order valence-corrected chi connectivity index (χ1v) is 13.5. The van der Waals surface area contributed by atoms with Crippen molar-refractivity contribution >= 4 is 55.5 Å². The summed E-state index contributed by atoms with van der Waals surface area (Å²) in [6.07, 6.45) is 2.76. The minimum absolute atomic E-state index is 0.194. The van der Waals surface area contributed by atoms with Gasteiger partial charge in [0.1, 0.15) is 5.82 Å². The number of aromatic nitrogens is 2. The van der Waals surface area contributed by atoms with Crippen LogP contribution < -0.4 is 9.62 Å². The Labute approximate surface area is 204 Å². The van der Waals surface area contributed by atoms with Crippen LogP contribution in [0.5, 0.6) is 0 Å². The SMILES string of the molecule is C[C@@H]1C(=O)N(c2ccc3c(cnn3-c3ccc(F)cc3)c2)[C@H](c2ccc(Cl)s2)C1NS(C)(=O)=O. The molecule has 0 bridgehead atoms. The van der Waals surface area contributed by atoms with Crippen LogP contribution in [0.3, 0.4) is 0 Å². The molecule has 2 aromatic carbocycles. The smallest absolute Gasteiger partial charge is 0.232 e. The minimum Gasteiger partial charge on any atom is -0.302 e. The number of hydrogen-bond acceptors (Lipinski definition) is 5. The number of sulfonamides is 1. The molecular formula is C23H20ClFN4O3S2. The van der Waals surface area contributed by atoms with Crippen LogP contribution in [0.25, 0.3) is 16.6 Å². The molecule has 1 amide bonds. The molecule has 5 rings (SSSR count). The van der Waals surface area contributed by atoms with Crippen LogP contribution in [0.15, 0.2) is 60.8 Å². The van der Waals surface area contributed by atoms with Crippen LogP contribution in [-0.4, -0.2) is 36.4 Å². The summed E-state index contributed by atoms with van der Waals surface area (Å²) in [6, 6.07) is 13.8. The summed E-state index contributed by atoms with van der Waals surface area (Å²) >= 11 is 7.49. The standard InChI is InChI=1S/C23H20ClFN4O3S2/c1-13-21(27-34(2,31)32)22(19-9-10-20(24)33-19)28(23(13)30)17-7-8-18-14(11-17)12-26-29(18)16-5-3-15(25)4-6-16/h3-13,21-22,27H,1-2H3/t13-,21?,22+/m0/s1. The Morgan fingerprint density at radius 3 is 2.44 bits per heavy atom. The second kappa shape index (κ2) is 8.46. The number of nitrogens with zero attached hydrogens (tertiary/aromatic N) is 3. The largest absolute Gasteiger partial charge is 0.302 e. The molecule has 7 nitrogen and oxygen atoms in total. The monoisotopic (exact) mass is 518 g/mol. The molecule has 0 saturated carbocycles. The highest BCUT2D eigenvalue weighted by Crippen LogP contribution is 2.44. The first-order chi connectivity index (χ1) is 16.1. The van der Waals surface area contributed by atoms with Gasteiger partial charge in [-0.05, 0) is 54.6 Å². The maximum Gasteiger partial charge on any atom is 0.232 e. The molecule has 1 N–H and O–H groups in total. The molecule has 0 radical (unpaired) electrons. The van der Waals surface area contributed by atoms with Gasteiger partial charge >= 0.3 is 0 Å². The van der Waals surface area contributed by atoms with E-state index in [0.29, 0.717) is 15.7 Å². The van der Waals surface area contributed by atoms with E-state index in [1.54, 1.807) is 47.0 Å². The number of amides is 1. The van der Waals surface area contributed by atoms with E-state index in [2.05, 4.69) is 9.82 Å². The van der Waals surface area contributed by atoms with Gasteiger partial charge in [0.05, 0.1) is 46.0 Å². The number of rotatable bonds is 5. The molecule has 2 aromatic heterocycles. The summed E-state index contributed by atoms with van der Waals surface area (Å²) in [4.78, 5) is 15.8. The molecule has 1 aliphatic rings. The third kappa shape index (κ3) is 4.11. The van der Waals surface area contributed by atoms with Crippen molar-refractivity contribution in [2.45, 2.75) is 19.0 Å². The van der Waals surface area contributed by atoms with Gasteiger partial charge in [0.25, 0.3) is 0 Å². The lowest BCUT2D eigenvalue weighted by molar-refractivity contribution is -0.120. The Morgan fingerprint density at radius 2 is 1.79 bits per heavy atom. The van der Waals surface area contributed by atoms with Gasteiger partial charge in [0, 0.05) is 16.0 Å². The zero-order valence-electron chi connectivity index (χ0n) is 18.1. The molecular weight excluding hydrogens is 499 g/mol. The van der Waals surface area contributed by atoms with Crippen molar-refractivity contribution in [1.82, 2.24) is 14.5 Å². The summed E-state index contributed by atoms with van der Waals surface area (Å²) in [6.45, 7) is 1.72. The van der Waals surface area contributed by atoms with E-state index in [0.717, 1.165) is 22.0 Å². The summed E-state index contributed by atoms with van der Waals surface area (Å²) in [5.41, 5.74) is 2.12. The van der Waals surface area contributed by atoms with Gasteiger partial charge in [0.15, 0.2) is 0 Å². The minimum atomic E-state index is -3.57. The van der Waals surface area contributed by atoms with E-state index in [-0.39, 0.29) is 11.7 Å². The highest BCUT2D eigenvalue weighted by molar-refractivity contribution is 7.88. The molecule has 3 atom stereocenters. The van der Waals surface area contributed by atoms with E-state index in [4.69, 9.17) is 11.6 Å². The van der Waals surface area contributed by atoms with Crippen molar-refractivity contribution < 1.29 is 17.6 Å². The van der Waals surface area contributed by atoms with Crippen LogP contribution >= 0.6 is 22.9 Å². The Kier molecular flexibility index (Phi) is 5.71. The van der Waals surface area contributed by atoms with Crippen molar-refractivity contribution in [3.05, 3.63) is 75.8 Å². The van der Waals surface area contributed by atoms with E-state index in [1.807, 2.05) is 18.2 Å². The van der Waals surface area contributed by atoms with Crippen molar-refractivity contribution in [3.8, 4) is 5.69 Å².